The van der Waals surface area contributed by atoms with Gasteiger partial charge in [-0.1, -0.05) is 74.9 Å². The van der Waals surface area contributed by atoms with Gasteiger partial charge in [0.1, 0.15) is 6.04 Å². The lowest BCUT2D eigenvalue weighted by Crippen LogP contribution is -2.49. The average Bonchev–Trinajstić information content (AvgIpc) is 2.75. The maximum absolute atomic E-state index is 13.2. The lowest BCUT2D eigenvalue weighted by Gasteiger charge is -2.30. The van der Waals surface area contributed by atoms with Crippen LogP contribution in [0.4, 0.5) is 0 Å². The van der Waals surface area contributed by atoms with E-state index in [1.165, 1.54) is 11.1 Å². The van der Waals surface area contributed by atoms with Crippen LogP contribution in [-0.2, 0) is 21.9 Å². The summed E-state index contributed by atoms with van der Waals surface area (Å²) in [5.41, 5.74) is 3.52. The molecule has 0 fully saturated rings. The fourth-order valence-corrected chi connectivity index (χ4v) is 4.30. The molecule has 2 rings (SSSR count). The van der Waals surface area contributed by atoms with Gasteiger partial charge in [-0.2, -0.15) is 0 Å². The molecule has 0 aliphatic heterocycles. The van der Waals surface area contributed by atoms with Crippen LogP contribution in [0.1, 0.15) is 49.8 Å². The zero-order valence-corrected chi connectivity index (χ0v) is 19.2. The lowest BCUT2D eigenvalue weighted by molar-refractivity contribution is -0.139. The van der Waals surface area contributed by atoms with Crippen molar-refractivity contribution >= 4 is 23.6 Å². The van der Waals surface area contributed by atoms with Gasteiger partial charge >= 0.3 is 0 Å². The van der Waals surface area contributed by atoms with Crippen LogP contribution in [0.15, 0.2) is 54.6 Å². The minimum absolute atomic E-state index is 0.00919. The van der Waals surface area contributed by atoms with E-state index in [-0.39, 0.29) is 11.8 Å². The van der Waals surface area contributed by atoms with Gasteiger partial charge in [0.25, 0.3) is 0 Å². The summed E-state index contributed by atoms with van der Waals surface area (Å²) < 4.78 is 0. The van der Waals surface area contributed by atoms with Gasteiger partial charge in [0, 0.05) is 18.8 Å². The smallest absolute Gasteiger partial charge is 0.242 e. The first kappa shape index (κ1) is 24.0. The van der Waals surface area contributed by atoms with E-state index in [9.17, 15) is 9.59 Å². The fraction of sp³-hybridized carbons (Fsp3) is 0.440. The number of nitrogens with one attached hydrogen (secondary N) is 1. The van der Waals surface area contributed by atoms with Crippen molar-refractivity contribution in [2.24, 2.45) is 0 Å². The first-order valence-electron chi connectivity index (χ1n) is 10.8. The number of aryl methyl sites for hydroxylation is 1. The molecule has 0 radical (unpaired) electrons. The summed E-state index contributed by atoms with van der Waals surface area (Å²) in [6.07, 6.45) is 2.57. The zero-order valence-electron chi connectivity index (χ0n) is 18.4. The summed E-state index contributed by atoms with van der Waals surface area (Å²) in [7, 11) is 0. The van der Waals surface area contributed by atoms with E-state index in [4.69, 9.17) is 0 Å². The van der Waals surface area contributed by atoms with E-state index >= 15 is 0 Å². The number of rotatable bonds is 12. The molecule has 0 heterocycles. The van der Waals surface area contributed by atoms with Crippen molar-refractivity contribution in [3.05, 3.63) is 71.3 Å². The maximum Gasteiger partial charge on any atom is 0.242 e. The third-order valence-corrected chi connectivity index (χ3v) is 6.12. The minimum Gasteiger partial charge on any atom is -0.354 e. The van der Waals surface area contributed by atoms with Crippen LogP contribution in [0.2, 0.25) is 0 Å². The average molecular weight is 427 g/mol. The molecule has 0 saturated carbocycles. The Kier molecular flexibility index (Phi) is 10.5. The summed E-state index contributed by atoms with van der Waals surface area (Å²) in [5.74, 6) is 1.10. The Bertz CT molecular complexity index is 795. The zero-order chi connectivity index (χ0) is 21.8. The molecule has 0 unspecified atom stereocenters. The van der Waals surface area contributed by atoms with Gasteiger partial charge in [-0.05, 0) is 36.5 Å². The first-order valence-corrected chi connectivity index (χ1v) is 12.0. The van der Waals surface area contributed by atoms with Crippen LogP contribution >= 0.6 is 11.8 Å². The molecular weight excluding hydrogens is 392 g/mol. The second-order valence-corrected chi connectivity index (χ2v) is 8.48. The van der Waals surface area contributed by atoms with Gasteiger partial charge in [0.05, 0.1) is 5.75 Å². The molecule has 0 aliphatic carbocycles. The Morgan fingerprint density at radius 1 is 1.03 bits per heavy atom. The molecule has 5 heteroatoms. The van der Waals surface area contributed by atoms with Crippen LogP contribution in [-0.4, -0.2) is 35.1 Å². The van der Waals surface area contributed by atoms with Crippen molar-refractivity contribution in [3.63, 3.8) is 0 Å². The number of unbranched alkanes of at least 4 members (excludes halogenated alkanes) is 1. The second kappa shape index (κ2) is 13.1. The van der Waals surface area contributed by atoms with Crippen LogP contribution < -0.4 is 5.32 Å². The SMILES string of the molecule is CCCCNC(=O)[C@H](CC)N(Cc1ccccc1)C(=O)CSCc1ccccc1C. The third kappa shape index (κ3) is 7.52. The van der Waals surface area contributed by atoms with E-state index in [0.717, 1.165) is 24.2 Å². The number of carbonyl (C=O) groups excluding carboxylic acids is 2. The quantitative estimate of drug-likeness (QED) is 0.489. The van der Waals surface area contributed by atoms with Crippen molar-refractivity contribution in [2.75, 3.05) is 12.3 Å². The van der Waals surface area contributed by atoms with Crippen molar-refractivity contribution in [2.45, 2.75) is 58.4 Å². The van der Waals surface area contributed by atoms with Gasteiger partial charge in [-0.25, -0.2) is 0 Å². The standard InChI is InChI=1S/C25H34N2O2S/c1-4-6-16-26-25(29)23(5-2)27(17-21-13-8-7-9-14-21)24(28)19-30-18-22-15-11-10-12-20(22)3/h7-15,23H,4-6,16-19H2,1-3H3,(H,26,29)/t23-/m0/s1. The summed E-state index contributed by atoms with van der Waals surface area (Å²) in [6, 6.07) is 17.7. The third-order valence-electron chi connectivity index (χ3n) is 5.16. The Hall–Kier alpha value is -2.27. The van der Waals surface area contributed by atoms with Crippen molar-refractivity contribution in [1.82, 2.24) is 10.2 Å². The summed E-state index contributed by atoms with van der Waals surface area (Å²) in [6.45, 7) is 7.26. The van der Waals surface area contributed by atoms with Crippen LogP contribution in [0.3, 0.4) is 0 Å². The maximum atomic E-state index is 13.2. The van der Waals surface area contributed by atoms with Gasteiger partial charge in [0.2, 0.25) is 11.8 Å². The molecular formula is C25H34N2O2S. The fourth-order valence-electron chi connectivity index (χ4n) is 3.31. The van der Waals surface area contributed by atoms with E-state index < -0.39 is 6.04 Å². The normalized spacial score (nSPS) is 11.7. The molecule has 2 aromatic carbocycles. The lowest BCUT2D eigenvalue weighted by atomic mass is 10.1. The molecule has 2 amide bonds. The number of benzene rings is 2. The number of hydrogen-bond acceptors (Lipinski definition) is 3. The van der Waals surface area contributed by atoms with E-state index in [1.807, 2.05) is 49.4 Å². The van der Waals surface area contributed by atoms with Crippen LogP contribution in [0, 0.1) is 6.92 Å². The molecule has 0 spiro atoms. The highest BCUT2D eigenvalue weighted by molar-refractivity contribution is 7.99. The Labute approximate surface area is 185 Å². The van der Waals surface area contributed by atoms with Crippen molar-refractivity contribution in [3.8, 4) is 0 Å². The number of hydrogen-bond donors (Lipinski definition) is 1. The van der Waals surface area contributed by atoms with E-state index in [0.29, 0.717) is 25.3 Å². The molecule has 0 aliphatic rings. The van der Waals surface area contributed by atoms with Crippen molar-refractivity contribution in [1.29, 1.82) is 0 Å². The Morgan fingerprint density at radius 3 is 2.40 bits per heavy atom. The van der Waals surface area contributed by atoms with Gasteiger partial charge in [-0.3, -0.25) is 9.59 Å². The second-order valence-electron chi connectivity index (χ2n) is 7.50. The van der Waals surface area contributed by atoms with Gasteiger partial charge in [0.15, 0.2) is 0 Å². The number of nitrogens with zero attached hydrogens (tertiary/aromatic N) is 1. The largest absolute Gasteiger partial charge is 0.354 e. The van der Waals surface area contributed by atoms with Gasteiger partial charge < -0.3 is 10.2 Å². The summed E-state index contributed by atoms with van der Waals surface area (Å²) in [5, 5.41) is 3.01. The predicted molar refractivity (Wildman–Crippen MR) is 126 cm³/mol. The Morgan fingerprint density at radius 2 is 1.73 bits per heavy atom. The molecule has 4 nitrogen and oxygen atoms in total. The number of carbonyl (C=O) groups is 2. The highest BCUT2D eigenvalue weighted by atomic mass is 32.2. The van der Waals surface area contributed by atoms with Crippen LogP contribution in [0.25, 0.3) is 0 Å². The predicted octanol–water partition coefficient (Wildman–Crippen LogP) is 4.95. The molecule has 162 valence electrons. The minimum atomic E-state index is -0.450. The molecule has 0 aromatic heterocycles. The topological polar surface area (TPSA) is 49.4 Å². The highest BCUT2D eigenvalue weighted by Crippen LogP contribution is 2.19. The first-order chi connectivity index (χ1) is 14.6. The number of amides is 2. The summed E-state index contributed by atoms with van der Waals surface area (Å²) >= 11 is 1.61. The molecule has 1 atom stereocenters. The molecule has 30 heavy (non-hydrogen) atoms. The van der Waals surface area contributed by atoms with Gasteiger partial charge in [-0.15, -0.1) is 11.8 Å². The Balaban J connectivity index is 2.07. The van der Waals surface area contributed by atoms with Crippen molar-refractivity contribution < 1.29 is 9.59 Å². The summed E-state index contributed by atoms with van der Waals surface area (Å²) in [4.78, 5) is 27.7. The molecule has 0 bridgehead atoms. The van der Waals surface area contributed by atoms with E-state index in [2.05, 4.69) is 31.3 Å². The highest BCUT2D eigenvalue weighted by Gasteiger charge is 2.28. The van der Waals surface area contributed by atoms with E-state index in [1.54, 1.807) is 16.7 Å². The molecule has 0 saturated heterocycles. The monoisotopic (exact) mass is 426 g/mol. The molecule has 2 aromatic rings. The molecule has 1 N–H and O–H groups in total. The number of thioether (sulfide) groups is 1. The van der Waals surface area contributed by atoms with Crippen LogP contribution in [0.5, 0.6) is 0 Å².